The Morgan fingerprint density at radius 3 is 2.52 bits per heavy atom. The number of carbonyl (C=O) groups is 3. The molecule has 0 spiro atoms. The van der Waals surface area contributed by atoms with Crippen LogP contribution >= 0.6 is 0 Å². The van der Waals surface area contributed by atoms with Gasteiger partial charge in [-0.1, -0.05) is 32.8 Å². The van der Waals surface area contributed by atoms with Gasteiger partial charge in [0.1, 0.15) is 5.82 Å². The van der Waals surface area contributed by atoms with E-state index in [0.717, 1.165) is 31.2 Å². The maximum Gasteiger partial charge on any atom is 0.437 e. The molecule has 1 aromatic carbocycles. The van der Waals surface area contributed by atoms with Crippen LogP contribution in [0, 0.1) is 23.6 Å². The highest BCUT2D eigenvalue weighted by atomic mass is 19.1. The van der Waals surface area contributed by atoms with E-state index >= 15 is 0 Å². The van der Waals surface area contributed by atoms with Gasteiger partial charge in [-0.2, -0.15) is 4.68 Å². The van der Waals surface area contributed by atoms with Gasteiger partial charge < -0.3 is 20.0 Å². The summed E-state index contributed by atoms with van der Waals surface area (Å²) in [5, 5.41) is 9.81. The van der Waals surface area contributed by atoms with Crippen LogP contribution in [-0.2, 0) is 17.9 Å². The van der Waals surface area contributed by atoms with Crippen molar-refractivity contribution in [2.24, 2.45) is 17.8 Å². The number of hydrogen-bond donors (Lipinski definition) is 2. The first-order valence-corrected chi connectivity index (χ1v) is 14.2. The van der Waals surface area contributed by atoms with Crippen LogP contribution in [-0.4, -0.2) is 58.5 Å². The van der Waals surface area contributed by atoms with Crippen molar-refractivity contribution in [3.05, 3.63) is 51.6 Å². The third-order valence-electron chi connectivity index (χ3n) is 7.48. The first-order valence-electron chi connectivity index (χ1n) is 14.2. The third kappa shape index (κ3) is 7.65. The molecule has 1 heterocycles. The number of amides is 2. The van der Waals surface area contributed by atoms with E-state index in [4.69, 9.17) is 4.42 Å². The molecule has 2 saturated carbocycles. The molecule has 0 bridgehead atoms. The van der Waals surface area contributed by atoms with Crippen LogP contribution in [0.1, 0.15) is 85.4 Å². The summed E-state index contributed by atoms with van der Waals surface area (Å²) in [6.45, 7) is 4.82. The van der Waals surface area contributed by atoms with Crippen LogP contribution in [0.5, 0.6) is 0 Å². The molecule has 218 valence electrons. The van der Waals surface area contributed by atoms with Crippen molar-refractivity contribution < 1.29 is 23.2 Å². The second-order valence-electron chi connectivity index (χ2n) is 11.9. The number of Topliss-reactive ketones (excluding diaryl/α,β-unsaturated/α-hetero) is 1. The van der Waals surface area contributed by atoms with Crippen molar-refractivity contribution >= 4 is 17.6 Å². The molecule has 11 heteroatoms. The number of rotatable bonds is 12. The van der Waals surface area contributed by atoms with E-state index in [0.29, 0.717) is 38.3 Å². The number of hydrogen-bond acceptors (Lipinski definition) is 7. The van der Waals surface area contributed by atoms with Crippen LogP contribution in [0.2, 0.25) is 0 Å². The molecule has 2 fully saturated rings. The third-order valence-corrected chi connectivity index (χ3v) is 7.48. The Morgan fingerprint density at radius 2 is 1.88 bits per heavy atom. The summed E-state index contributed by atoms with van der Waals surface area (Å²) in [7, 11) is 3.76. The highest BCUT2D eigenvalue weighted by molar-refractivity contribution is 5.99. The van der Waals surface area contributed by atoms with E-state index in [2.05, 4.69) is 15.7 Å². The predicted octanol–water partition coefficient (Wildman–Crippen LogP) is 3.15. The molecular weight excluding hydrogens is 517 g/mol. The summed E-state index contributed by atoms with van der Waals surface area (Å²) in [4.78, 5) is 53.9. The number of nitrogens with zero attached hydrogens (tertiary/aromatic N) is 3. The van der Waals surface area contributed by atoms with Gasteiger partial charge in [-0.3, -0.25) is 14.4 Å². The molecule has 2 N–H and O–H groups in total. The molecule has 10 nitrogen and oxygen atoms in total. The fraction of sp³-hybridized carbons (Fsp3) is 0.621. The van der Waals surface area contributed by atoms with Crippen molar-refractivity contribution in [1.82, 2.24) is 25.3 Å². The molecule has 2 aliphatic carbocycles. The van der Waals surface area contributed by atoms with Gasteiger partial charge in [-0.05, 0) is 75.7 Å². The van der Waals surface area contributed by atoms with Crippen molar-refractivity contribution in [3.63, 3.8) is 0 Å². The maximum absolute atomic E-state index is 14.8. The minimum atomic E-state index is -0.931. The average Bonchev–Trinajstić information content (AvgIpc) is 3.63. The number of benzene rings is 1. The summed E-state index contributed by atoms with van der Waals surface area (Å²) in [5.41, 5.74) is 0.681. The molecule has 0 radical (unpaired) electrons. The first kappa shape index (κ1) is 29.6. The molecule has 0 saturated heterocycles. The van der Waals surface area contributed by atoms with E-state index in [1.54, 1.807) is 6.07 Å². The monoisotopic (exact) mass is 557 g/mol. The van der Waals surface area contributed by atoms with Crippen LogP contribution in [0.15, 0.2) is 27.4 Å². The lowest BCUT2D eigenvalue weighted by molar-refractivity contribution is -0.127. The zero-order valence-corrected chi connectivity index (χ0v) is 23.7. The van der Waals surface area contributed by atoms with Gasteiger partial charge in [0.15, 0.2) is 0 Å². The van der Waals surface area contributed by atoms with Crippen molar-refractivity contribution in [3.8, 4) is 0 Å². The van der Waals surface area contributed by atoms with Crippen molar-refractivity contribution in [2.45, 2.75) is 84.0 Å². The van der Waals surface area contributed by atoms with Crippen LogP contribution < -0.4 is 16.4 Å². The summed E-state index contributed by atoms with van der Waals surface area (Å²) >= 11 is 0. The van der Waals surface area contributed by atoms with Gasteiger partial charge >= 0.3 is 5.76 Å². The lowest BCUT2D eigenvalue weighted by Crippen LogP contribution is -2.52. The molecule has 2 amide bonds. The second-order valence-corrected chi connectivity index (χ2v) is 11.9. The Kier molecular flexibility index (Phi) is 9.55. The van der Waals surface area contributed by atoms with Gasteiger partial charge in [-0.25, -0.2) is 9.18 Å². The van der Waals surface area contributed by atoms with Crippen molar-refractivity contribution in [2.75, 3.05) is 14.1 Å². The topological polar surface area (TPSA) is 127 Å². The SMILES string of the molecule is CC(C)CC(NC(=O)[C@@H]1CCCC[C@@H]1NC(=O)c1ccc(CN(C)C)cc1F)C(=O)c1nn(CC2CC2)c(=O)o1. The van der Waals surface area contributed by atoms with Gasteiger partial charge in [-0.15, -0.1) is 5.10 Å². The Balaban J connectivity index is 1.45. The van der Waals surface area contributed by atoms with Gasteiger partial charge in [0.2, 0.25) is 11.7 Å². The molecule has 3 atom stereocenters. The van der Waals surface area contributed by atoms with Gasteiger partial charge in [0.05, 0.1) is 24.1 Å². The molecule has 0 aliphatic heterocycles. The molecule has 1 aromatic heterocycles. The largest absolute Gasteiger partial charge is 0.437 e. The smallest absolute Gasteiger partial charge is 0.384 e. The second kappa shape index (κ2) is 12.9. The number of ketones is 1. The predicted molar refractivity (Wildman–Crippen MR) is 146 cm³/mol. The summed E-state index contributed by atoms with van der Waals surface area (Å²) in [6.07, 6.45) is 5.06. The van der Waals surface area contributed by atoms with Crippen LogP contribution in [0.4, 0.5) is 4.39 Å². The Morgan fingerprint density at radius 1 is 1.15 bits per heavy atom. The lowest BCUT2D eigenvalue weighted by atomic mass is 9.83. The Bertz CT molecular complexity index is 1280. The standard InChI is InChI=1S/C29H40FN5O5/c1-17(2)13-24(25(36)28-33-35(29(39)40-28)16-18-9-10-18)32-27(38)21-7-5-6-8-23(21)31-26(37)20-12-11-19(14-22(20)30)15-34(3)4/h11-12,14,17-18,21,23-24H,5-10,13,15-16H2,1-4H3,(H,31,37)(H,32,38)/t21-,23+,24?/m1/s1. The minimum Gasteiger partial charge on any atom is -0.384 e. The maximum atomic E-state index is 14.8. The number of nitrogens with one attached hydrogen (secondary N) is 2. The number of carbonyl (C=O) groups excluding carboxylic acids is 3. The van der Waals surface area contributed by atoms with Crippen LogP contribution in [0.25, 0.3) is 0 Å². The van der Waals surface area contributed by atoms with E-state index in [1.165, 1.54) is 16.8 Å². The molecule has 2 aliphatic rings. The lowest BCUT2D eigenvalue weighted by Gasteiger charge is -2.32. The van der Waals surface area contributed by atoms with E-state index in [9.17, 15) is 23.6 Å². The molecule has 1 unspecified atom stereocenters. The molecular formula is C29H40FN5O5. The quantitative estimate of drug-likeness (QED) is 0.384. The Labute approximate surface area is 233 Å². The molecule has 40 heavy (non-hydrogen) atoms. The molecule has 2 aromatic rings. The zero-order valence-electron chi connectivity index (χ0n) is 23.7. The van der Waals surface area contributed by atoms with Gasteiger partial charge in [0.25, 0.3) is 11.8 Å². The fourth-order valence-corrected chi connectivity index (χ4v) is 5.27. The van der Waals surface area contributed by atoms with E-state index < -0.39 is 41.3 Å². The highest BCUT2D eigenvalue weighted by Gasteiger charge is 2.36. The molecule has 4 rings (SSSR count). The fourth-order valence-electron chi connectivity index (χ4n) is 5.27. The summed E-state index contributed by atoms with van der Waals surface area (Å²) < 4.78 is 21.1. The zero-order chi connectivity index (χ0) is 29.0. The summed E-state index contributed by atoms with van der Waals surface area (Å²) in [5.74, 6) is -3.24. The minimum absolute atomic E-state index is 0.0646. The first-order chi connectivity index (χ1) is 19.0. The summed E-state index contributed by atoms with van der Waals surface area (Å²) in [6, 6.07) is 3.10. The van der Waals surface area contributed by atoms with E-state index in [-0.39, 0.29) is 23.3 Å². The number of aromatic nitrogens is 2. The van der Waals surface area contributed by atoms with Gasteiger partial charge in [0, 0.05) is 12.6 Å². The highest BCUT2D eigenvalue weighted by Crippen LogP contribution is 2.30. The number of halogens is 1. The normalized spacial score (nSPS) is 20.0. The Hall–Kier alpha value is -3.34. The van der Waals surface area contributed by atoms with Crippen LogP contribution in [0.3, 0.4) is 0 Å². The van der Waals surface area contributed by atoms with E-state index in [1.807, 2.05) is 32.8 Å². The average molecular weight is 558 g/mol. The van der Waals surface area contributed by atoms with Crippen molar-refractivity contribution in [1.29, 1.82) is 0 Å².